The minimum Gasteiger partial charge on any atom is -0.366 e. The van der Waals surface area contributed by atoms with Gasteiger partial charge in [0.2, 0.25) is 11.8 Å². The van der Waals surface area contributed by atoms with E-state index in [2.05, 4.69) is 18.8 Å². The van der Waals surface area contributed by atoms with Gasteiger partial charge < -0.3 is 20.4 Å². The molecule has 10 nitrogen and oxygen atoms in total. The molecule has 3 fully saturated rings. The van der Waals surface area contributed by atoms with Gasteiger partial charge in [-0.3, -0.25) is 28.5 Å². The monoisotopic (exact) mass is 516 g/mol. The van der Waals surface area contributed by atoms with Gasteiger partial charge in [-0.1, -0.05) is 13.8 Å². The van der Waals surface area contributed by atoms with Gasteiger partial charge in [0, 0.05) is 12.1 Å². The average Bonchev–Trinajstić information content (AvgIpc) is 3.37. The number of likely N-dealkylation sites (tertiary alicyclic amines) is 1. The molecular formula is C25H29ClN4O6. The highest BCUT2D eigenvalue weighted by molar-refractivity contribution is 6.22. The van der Waals surface area contributed by atoms with Gasteiger partial charge in [0.25, 0.3) is 0 Å². The zero-order valence-corrected chi connectivity index (χ0v) is 20.9. The first-order valence-corrected chi connectivity index (χ1v) is 12.6. The number of alkyl halides is 1. The molecule has 2 amide bonds. The fourth-order valence-corrected chi connectivity index (χ4v) is 6.28. The standard InChI is InChI=1S/C25H29ClN4O6/c1-25(2)7-5-12(6-8-25)18(23(34)29-10-14(26)20-19(29)17(31)11-36-20)30-16-4-3-13(21(27)32)9-15(16)28-22(33)24(30)35/h3-4,9,12,14,18-20H,5-8,10-11H2,1-2H3,(H2,27,32)(H,28,33)/t14-,18-,19+,20+/m0/s1. The van der Waals surface area contributed by atoms with Crippen LogP contribution in [0.25, 0.3) is 11.0 Å². The summed E-state index contributed by atoms with van der Waals surface area (Å²) in [6.07, 6.45) is 2.42. The smallest absolute Gasteiger partial charge is 0.317 e. The number of amides is 2. The lowest BCUT2D eigenvalue weighted by Gasteiger charge is -2.39. The summed E-state index contributed by atoms with van der Waals surface area (Å²) in [5.74, 6) is -1.58. The van der Waals surface area contributed by atoms with Crippen molar-refractivity contribution in [3.63, 3.8) is 0 Å². The number of ketones is 1. The second-order valence-electron chi connectivity index (χ2n) is 10.9. The number of nitrogens with two attached hydrogens (primary N) is 1. The number of nitrogens with zero attached hydrogens (tertiary/aromatic N) is 2. The predicted molar refractivity (Wildman–Crippen MR) is 132 cm³/mol. The molecule has 4 atom stereocenters. The molecule has 3 N–H and O–H groups in total. The number of hydrogen-bond acceptors (Lipinski definition) is 6. The van der Waals surface area contributed by atoms with Gasteiger partial charge in [0.1, 0.15) is 24.8 Å². The van der Waals surface area contributed by atoms with Gasteiger partial charge in [-0.15, -0.1) is 11.6 Å². The molecule has 3 aliphatic rings. The number of halogens is 1. The lowest BCUT2D eigenvalue weighted by molar-refractivity contribution is -0.141. The maximum atomic E-state index is 14.2. The zero-order valence-electron chi connectivity index (χ0n) is 20.2. The molecule has 5 rings (SSSR count). The summed E-state index contributed by atoms with van der Waals surface area (Å²) in [6, 6.07) is 2.54. The van der Waals surface area contributed by atoms with Gasteiger partial charge in [-0.05, 0) is 55.2 Å². The van der Waals surface area contributed by atoms with Crippen LogP contribution in [0.3, 0.4) is 0 Å². The summed E-state index contributed by atoms with van der Waals surface area (Å²) in [6.45, 7) is 4.32. The van der Waals surface area contributed by atoms with Gasteiger partial charge in [0.15, 0.2) is 5.78 Å². The molecule has 1 saturated carbocycles. The molecule has 11 heteroatoms. The molecule has 2 aliphatic heterocycles. The van der Waals surface area contributed by atoms with Crippen LogP contribution in [-0.4, -0.2) is 62.7 Å². The molecule has 2 aromatic rings. The van der Waals surface area contributed by atoms with Crippen molar-refractivity contribution in [3.8, 4) is 0 Å². The van der Waals surface area contributed by atoms with E-state index < -0.39 is 46.5 Å². The quantitative estimate of drug-likeness (QED) is 0.463. The number of benzene rings is 1. The van der Waals surface area contributed by atoms with Crippen molar-refractivity contribution in [2.45, 2.75) is 63.1 Å². The maximum absolute atomic E-state index is 14.2. The number of aromatic amines is 1. The van der Waals surface area contributed by atoms with Crippen molar-refractivity contribution in [2.75, 3.05) is 13.2 Å². The highest BCUT2D eigenvalue weighted by Gasteiger charge is 2.53. The van der Waals surface area contributed by atoms with E-state index in [-0.39, 0.29) is 41.3 Å². The third-order valence-electron chi connectivity index (χ3n) is 7.97. The lowest BCUT2D eigenvalue weighted by atomic mass is 9.70. The van der Waals surface area contributed by atoms with E-state index >= 15 is 0 Å². The van der Waals surface area contributed by atoms with Crippen molar-refractivity contribution in [2.24, 2.45) is 17.1 Å². The number of Topliss-reactive ketones (excluding diaryl/α,β-unsaturated/α-hetero) is 1. The van der Waals surface area contributed by atoms with Gasteiger partial charge in [-0.2, -0.15) is 0 Å². The molecule has 2 saturated heterocycles. The molecule has 192 valence electrons. The Morgan fingerprint density at radius 3 is 2.56 bits per heavy atom. The number of aromatic nitrogens is 2. The molecule has 1 aromatic carbocycles. The van der Waals surface area contributed by atoms with E-state index in [1.165, 1.54) is 27.7 Å². The van der Waals surface area contributed by atoms with E-state index in [4.69, 9.17) is 22.1 Å². The second kappa shape index (κ2) is 8.85. The van der Waals surface area contributed by atoms with Crippen molar-refractivity contribution in [1.29, 1.82) is 0 Å². The van der Waals surface area contributed by atoms with Crippen LogP contribution >= 0.6 is 11.6 Å². The zero-order chi connectivity index (χ0) is 25.9. The van der Waals surface area contributed by atoms with Crippen LogP contribution in [0.1, 0.15) is 55.9 Å². The highest BCUT2D eigenvalue weighted by atomic mass is 35.5. The predicted octanol–water partition coefficient (Wildman–Crippen LogP) is 1.33. The van der Waals surface area contributed by atoms with E-state index in [9.17, 15) is 24.0 Å². The third kappa shape index (κ3) is 4.06. The van der Waals surface area contributed by atoms with E-state index in [1.54, 1.807) is 0 Å². The lowest BCUT2D eigenvalue weighted by Crippen LogP contribution is -2.51. The van der Waals surface area contributed by atoms with Crippen LogP contribution in [0.4, 0.5) is 0 Å². The maximum Gasteiger partial charge on any atom is 0.317 e. The number of carbonyl (C=O) groups excluding carboxylic acids is 3. The van der Waals surface area contributed by atoms with Crippen LogP contribution in [0, 0.1) is 11.3 Å². The number of fused-ring (bicyclic) bond motifs is 2. The second-order valence-corrected chi connectivity index (χ2v) is 11.4. The molecule has 36 heavy (non-hydrogen) atoms. The molecular weight excluding hydrogens is 488 g/mol. The largest absolute Gasteiger partial charge is 0.366 e. The number of H-pyrrole nitrogens is 1. The van der Waals surface area contributed by atoms with Crippen LogP contribution in [0.5, 0.6) is 0 Å². The Hall–Kier alpha value is -2.98. The van der Waals surface area contributed by atoms with Crippen molar-refractivity contribution >= 4 is 40.2 Å². The Morgan fingerprint density at radius 2 is 1.89 bits per heavy atom. The molecule has 0 spiro atoms. The average molecular weight is 517 g/mol. The number of primary amides is 1. The van der Waals surface area contributed by atoms with E-state index in [0.717, 1.165) is 12.8 Å². The highest BCUT2D eigenvalue weighted by Crippen LogP contribution is 2.44. The number of ether oxygens (including phenoxy) is 1. The van der Waals surface area contributed by atoms with Crippen molar-refractivity contribution in [1.82, 2.24) is 14.5 Å². The Bertz CT molecular complexity index is 1370. The van der Waals surface area contributed by atoms with Gasteiger partial charge in [-0.25, -0.2) is 0 Å². The Balaban J connectivity index is 1.67. The molecule has 1 aliphatic carbocycles. The molecule has 0 bridgehead atoms. The number of nitrogens with one attached hydrogen (secondary N) is 1. The van der Waals surface area contributed by atoms with Gasteiger partial charge >= 0.3 is 11.1 Å². The topological polar surface area (TPSA) is 145 Å². The minimum absolute atomic E-state index is 0.0942. The first-order chi connectivity index (χ1) is 17.0. The summed E-state index contributed by atoms with van der Waals surface area (Å²) in [4.78, 5) is 68.6. The molecule has 3 heterocycles. The number of carbonyl (C=O) groups is 3. The number of rotatable bonds is 4. The van der Waals surface area contributed by atoms with Crippen LogP contribution < -0.4 is 16.9 Å². The Morgan fingerprint density at radius 1 is 1.19 bits per heavy atom. The molecule has 0 unspecified atom stereocenters. The number of hydrogen-bond donors (Lipinski definition) is 2. The van der Waals surface area contributed by atoms with Crippen LogP contribution in [0.2, 0.25) is 0 Å². The fraction of sp³-hybridized carbons (Fsp3) is 0.560. The first-order valence-electron chi connectivity index (χ1n) is 12.2. The molecule has 1 aromatic heterocycles. The van der Waals surface area contributed by atoms with E-state index in [0.29, 0.717) is 18.4 Å². The summed E-state index contributed by atoms with van der Waals surface area (Å²) in [5, 5.41) is -0.554. The summed E-state index contributed by atoms with van der Waals surface area (Å²) >= 11 is 6.45. The normalized spacial score (nSPS) is 26.8. The van der Waals surface area contributed by atoms with Crippen molar-refractivity contribution in [3.05, 3.63) is 44.5 Å². The third-order valence-corrected chi connectivity index (χ3v) is 8.36. The van der Waals surface area contributed by atoms with Crippen LogP contribution in [0.15, 0.2) is 27.8 Å². The van der Waals surface area contributed by atoms with Crippen molar-refractivity contribution < 1.29 is 19.1 Å². The van der Waals surface area contributed by atoms with Crippen LogP contribution in [-0.2, 0) is 14.3 Å². The SMILES string of the molecule is CC1(C)CCC([C@@H](C(=O)N2C[C@H](Cl)[C@H]3OCC(=O)[C@H]32)n2c(=O)c(=O)[nH]c3cc(C(N)=O)ccc32)CC1. The van der Waals surface area contributed by atoms with Gasteiger partial charge in [0.05, 0.1) is 16.4 Å². The summed E-state index contributed by atoms with van der Waals surface area (Å²) < 4.78 is 6.78. The first kappa shape index (κ1) is 24.7. The Labute approximate surface area is 211 Å². The Kier molecular flexibility index (Phi) is 6.07. The summed E-state index contributed by atoms with van der Waals surface area (Å²) in [7, 11) is 0. The van der Waals surface area contributed by atoms with E-state index in [1.807, 2.05) is 0 Å². The molecule has 0 radical (unpaired) electrons. The minimum atomic E-state index is -1.02. The summed E-state index contributed by atoms with van der Waals surface area (Å²) in [5.41, 5.74) is 4.40. The fourth-order valence-electron chi connectivity index (χ4n) is 5.92.